The minimum absolute atomic E-state index is 0.0698. The molecule has 0 amide bonds. The second-order valence-corrected chi connectivity index (χ2v) is 7.54. The molecule has 0 spiro atoms. The van der Waals surface area contributed by atoms with E-state index in [1.807, 2.05) is 0 Å². The van der Waals surface area contributed by atoms with Gasteiger partial charge in [-0.25, -0.2) is 8.42 Å². The highest BCUT2D eigenvalue weighted by Gasteiger charge is 2.46. The van der Waals surface area contributed by atoms with Crippen LogP contribution in [0.5, 0.6) is 0 Å². The van der Waals surface area contributed by atoms with Crippen LogP contribution in [0, 0.1) is 0 Å². The van der Waals surface area contributed by atoms with Crippen LogP contribution >= 0.6 is 0 Å². The molecule has 1 aromatic rings. The fourth-order valence-corrected chi connectivity index (χ4v) is 3.78. The third-order valence-electron chi connectivity index (χ3n) is 3.61. The Labute approximate surface area is 120 Å². The molecule has 112 valence electrons. The van der Waals surface area contributed by atoms with E-state index in [0.717, 1.165) is 19.3 Å². The molecule has 0 aromatic heterocycles. The smallest absolute Gasteiger partial charge is 0.325 e. The van der Waals surface area contributed by atoms with Gasteiger partial charge < -0.3 is 5.11 Å². The van der Waals surface area contributed by atoms with Gasteiger partial charge in [-0.1, -0.05) is 50.8 Å². The van der Waals surface area contributed by atoms with E-state index >= 15 is 0 Å². The van der Waals surface area contributed by atoms with E-state index in [-0.39, 0.29) is 11.3 Å². The number of carboxylic acid groups (broad SMARTS) is 1. The van der Waals surface area contributed by atoms with Crippen LogP contribution in [0.3, 0.4) is 0 Å². The van der Waals surface area contributed by atoms with Crippen LogP contribution in [0.2, 0.25) is 0 Å². The molecule has 0 radical (unpaired) electrons. The molecule has 1 rings (SSSR count). The zero-order chi connectivity index (χ0) is 15.2. The molecule has 1 atom stereocenters. The standard InChI is InChI=1S/C15H22O4S/c1-3-4-5-9-12-15(2,14(16)17)20(18,19)13-10-7-6-8-11-13/h6-8,10-11H,3-5,9,12H2,1-2H3,(H,16,17)/t15-/m0/s1. The first kappa shape index (κ1) is 16.7. The summed E-state index contributed by atoms with van der Waals surface area (Å²) in [5.41, 5.74) is 0. The molecule has 0 aliphatic rings. The lowest BCUT2D eigenvalue weighted by Gasteiger charge is -2.25. The summed E-state index contributed by atoms with van der Waals surface area (Å²) in [7, 11) is -3.89. The molecule has 0 unspecified atom stereocenters. The van der Waals surface area contributed by atoms with E-state index < -0.39 is 20.6 Å². The van der Waals surface area contributed by atoms with Gasteiger partial charge >= 0.3 is 5.97 Å². The van der Waals surface area contributed by atoms with Crippen molar-refractivity contribution in [2.75, 3.05) is 0 Å². The van der Waals surface area contributed by atoms with Gasteiger partial charge in [0.05, 0.1) is 4.90 Å². The zero-order valence-electron chi connectivity index (χ0n) is 12.0. The lowest BCUT2D eigenvalue weighted by molar-refractivity contribution is -0.139. The van der Waals surface area contributed by atoms with Crippen molar-refractivity contribution in [3.05, 3.63) is 30.3 Å². The summed E-state index contributed by atoms with van der Waals surface area (Å²) in [5.74, 6) is -1.28. The average Bonchev–Trinajstić information content (AvgIpc) is 2.44. The molecule has 0 aliphatic carbocycles. The van der Waals surface area contributed by atoms with Crippen LogP contribution in [-0.2, 0) is 14.6 Å². The van der Waals surface area contributed by atoms with Crippen LogP contribution in [0.1, 0.15) is 46.0 Å². The van der Waals surface area contributed by atoms with Crippen molar-refractivity contribution in [1.82, 2.24) is 0 Å². The number of rotatable bonds is 8. The summed E-state index contributed by atoms with van der Waals surface area (Å²) in [5, 5.41) is 9.41. The maximum absolute atomic E-state index is 12.6. The number of carboxylic acids is 1. The molecule has 0 fully saturated rings. The Morgan fingerprint density at radius 3 is 2.25 bits per heavy atom. The summed E-state index contributed by atoms with van der Waals surface area (Å²) in [6.45, 7) is 3.36. The maximum atomic E-state index is 12.6. The number of benzene rings is 1. The van der Waals surface area contributed by atoms with Crippen molar-refractivity contribution in [1.29, 1.82) is 0 Å². The van der Waals surface area contributed by atoms with Crippen LogP contribution in [0.15, 0.2) is 35.2 Å². The van der Waals surface area contributed by atoms with E-state index in [4.69, 9.17) is 0 Å². The van der Waals surface area contributed by atoms with Crippen LogP contribution in [0.25, 0.3) is 0 Å². The molecule has 0 saturated heterocycles. The van der Waals surface area contributed by atoms with E-state index in [9.17, 15) is 18.3 Å². The predicted molar refractivity (Wildman–Crippen MR) is 78.4 cm³/mol. The highest BCUT2D eigenvalue weighted by molar-refractivity contribution is 7.93. The molecular formula is C15H22O4S. The Balaban J connectivity index is 3.03. The first-order valence-corrected chi connectivity index (χ1v) is 8.37. The molecule has 4 nitrogen and oxygen atoms in total. The third kappa shape index (κ3) is 3.39. The fraction of sp³-hybridized carbons (Fsp3) is 0.533. The Kier molecular flexibility index (Phi) is 5.74. The largest absolute Gasteiger partial charge is 0.480 e. The van der Waals surface area contributed by atoms with E-state index in [1.165, 1.54) is 19.1 Å². The summed E-state index contributed by atoms with van der Waals surface area (Å²) in [4.78, 5) is 11.6. The lowest BCUT2D eigenvalue weighted by Crippen LogP contribution is -2.43. The van der Waals surface area contributed by atoms with Gasteiger partial charge in [-0.3, -0.25) is 4.79 Å². The maximum Gasteiger partial charge on any atom is 0.325 e. The van der Waals surface area contributed by atoms with Crippen molar-refractivity contribution >= 4 is 15.8 Å². The second kappa shape index (κ2) is 6.88. The second-order valence-electron chi connectivity index (χ2n) is 5.16. The Hall–Kier alpha value is -1.36. The van der Waals surface area contributed by atoms with Gasteiger partial charge in [0.25, 0.3) is 0 Å². The van der Waals surface area contributed by atoms with Crippen molar-refractivity contribution in [3.63, 3.8) is 0 Å². The Bertz CT molecular complexity index is 536. The van der Waals surface area contributed by atoms with Crippen molar-refractivity contribution < 1.29 is 18.3 Å². The van der Waals surface area contributed by atoms with Crippen molar-refractivity contribution in [2.24, 2.45) is 0 Å². The Morgan fingerprint density at radius 1 is 1.15 bits per heavy atom. The highest BCUT2D eigenvalue weighted by atomic mass is 32.2. The number of unbranched alkanes of at least 4 members (excludes halogenated alkanes) is 3. The van der Waals surface area contributed by atoms with Gasteiger partial charge in [0, 0.05) is 0 Å². The van der Waals surface area contributed by atoms with E-state index in [2.05, 4.69) is 6.92 Å². The minimum atomic E-state index is -3.89. The summed E-state index contributed by atoms with van der Waals surface area (Å²) < 4.78 is 23.4. The van der Waals surface area contributed by atoms with E-state index in [1.54, 1.807) is 18.2 Å². The molecular weight excluding hydrogens is 276 g/mol. The number of hydrogen-bond acceptors (Lipinski definition) is 3. The molecule has 0 aliphatic heterocycles. The molecule has 0 saturated carbocycles. The zero-order valence-corrected chi connectivity index (χ0v) is 12.8. The van der Waals surface area contributed by atoms with Crippen LogP contribution < -0.4 is 0 Å². The predicted octanol–water partition coefficient (Wildman–Crippen LogP) is 3.27. The van der Waals surface area contributed by atoms with Crippen LogP contribution in [0.4, 0.5) is 0 Å². The molecule has 1 N–H and O–H groups in total. The SMILES string of the molecule is CCCCCC[C@@](C)(C(=O)O)S(=O)(=O)c1ccccc1. The van der Waals surface area contributed by atoms with Gasteiger partial charge in [-0.15, -0.1) is 0 Å². The lowest BCUT2D eigenvalue weighted by atomic mass is 10.0. The highest BCUT2D eigenvalue weighted by Crippen LogP contribution is 2.31. The van der Waals surface area contributed by atoms with Gasteiger partial charge in [-0.05, 0) is 25.5 Å². The van der Waals surface area contributed by atoms with Gasteiger partial charge in [0.2, 0.25) is 0 Å². The Morgan fingerprint density at radius 2 is 1.75 bits per heavy atom. The van der Waals surface area contributed by atoms with Crippen molar-refractivity contribution in [2.45, 2.75) is 55.6 Å². The summed E-state index contributed by atoms with van der Waals surface area (Å²) >= 11 is 0. The number of carbonyl (C=O) groups is 1. The quantitative estimate of drug-likeness (QED) is 0.748. The minimum Gasteiger partial charge on any atom is -0.480 e. The average molecular weight is 298 g/mol. The topological polar surface area (TPSA) is 71.4 Å². The molecule has 0 bridgehead atoms. The summed E-state index contributed by atoms with van der Waals surface area (Å²) in [6, 6.07) is 7.81. The number of hydrogen-bond donors (Lipinski definition) is 1. The monoisotopic (exact) mass is 298 g/mol. The van der Waals surface area contributed by atoms with Gasteiger partial charge in [-0.2, -0.15) is 0 Å². The molecule has 20 heavy (non-hydrogen) atoms. The normalized spacial score (nSPS) is 14.7. The van der Waals surface area contributed by atoms with Crippen molar-refractivity contribution in [3.8, 4) is 0 Å². The number of aliphatic carboxylic acids is 1. The van der Waals surface area contributed by atoms with Gasteiger partial charge in [0.1, 0.15) is 0 Å². The first-order chi connectivity index (χ1) is 9.36. The third-order valence-corrected chi connectivity index (χ3v) is 6.06. The molecule has 0 heterocycles. The summed E-state index contributed by atoms with van der Waals surface area (Å²) in [6.07, 6.45) is 3.60. The fourth-order valence-electron chi connectivity index (χ4n) is 2.11. The first-order valence-electron chi connectivity index (χ1n) is 6.89. The molecule has 5 heteroatoms. The number of sulfone groups is 1. The van der Waals surface area contributed by atoms with Crippen LogP contribution in [-0.4, -0.2) is 24.2 Å². The van der Waals surface area contributed by atoms with E-state index in [0.29, 0.717) is 6.42 Å². The van der Waals surface area contributed by atoms with Gasteiger partial charge in [0.15, 0.2) is 14.6 Å². The molecule has 1 aromatic carbocycles.